The Bertz CT molecular complexity index is 171. The second-order valence-electron chi connectivity index (χ2n) is 4.40. The minimum absolute atomic E-state index is 0.546. The first kappa shape index (κ1) is 9.81. The van der Waals surface area contributed by atoms with Gasteiger partial charge in [0.15, 0.2) is 0 Å². The molecule has 3 heteroatoms. The highest BCUT2D eigenvalue weighted by atomic mass is 15.4. The molecule has 0 aromatic heterocycles. The van der Waals surface area contributed by atoms with Gasteiger partial charge in [-0.2, -0.15) is 0 Å². The normalized spacial score (nSPS) is 23.7. The smallest absolute Gasteiger partial charge is 0.0107 e. The number of piperidine rings is 2. The van der Waals surface area contributed by atoms with Gasteiger partial charge in [-0.25, -0.2) is 0 Å². The van der Waals surface area contributed by atoms with Gasteiger partial charge in [0.2, 0.25) is 0 Å². The van der Waals surface area contributed by atoms with Crippen LogP contribution in [0.15, 0.2) is 0 Å². The largest absolute Gasteiger partial charge is 0.426 e. The average molecular weight is 194 g/mol. The van der Waals surface area contributed by atoms with Crippen LogP contribution in [-0.4, -0.2) is 41.9 Å². The molecule has 0 bridgehead atoms. The Labute approximate surface area is 86.6 Å². The van der Waals surface area contributed by atoms with Crippen molar-refractivity contribution in [2.24, 2.45) is 0 Å². The fourth-order valence-corrected chi connectivity index (χ4v) is 2.39. The third-order valence-corrected chi connectivity index (χ3v) is 3.28. The van der Waals surface area contributed by atoms with Gasteiger partial charge in [-0.15, -0.1) is 0 Å². The SMILES string of the molecule is [N-]=C(N1CCCCC1)N1CCCCC1. The molecule has 2 fully saturated rings. The van der Waals surface area contributed by atoms with E-state index in [9.17, 15) is 5.41 Å². The van der Waals surface area contributed by atoms with E-state index in [0.717, 1.165) is 26.2 Å². The third-order valence-electron chi connectivity index (χ3n) is 3.28. The zero-order valence-electron chi connectivity index (χ0n) is 8.91. The van der Waals surface area contributed by atoms with Crippen molar-refractivity contribution in [3.05, 3.63) is 5.41 Å². The van der Waals surface area contributed by atoms with Crippen molar-refractivity contribution in [2.45, 2.75) is 38.5 Å². The highest BCUT2D eigenvalue weighted by molar-refractivity contribution is 5.83. The summed E-state index contributed by atoms with van der Waals surface area (Å²) in [5.74, 6) is 0.546. The van der Waals surface area contributed by atoms with Crippen molar-refractivity contribution in [2.75, 3.05) is 26.2 Å². The van der Waals surface area contributed by atoms with E-state index >= 15 is 0 Å². The van der Waals surface area contributed by atoms with E-state index in [-0.39, 0.29) is 0 Å². The number of rotatable bonds is 0. The maximum absolute atomic E-state index is 10.1. The fraction of sp³-hybridized carbons (Fsp3) is 0.909. The van der Waals surface area contributed by atoms with E-state index in [1.807, 2.05) is 0 Å². The maximum atomic E-state index is 10.1. The van der Waals surface area contributed by atoms with E-state index < -0.39 is 0 Å². The lowest BCUT2D eigenvalue weighted by Gasteiger charge is -2.45. The molecule has 0 saturated carbocycles. The van der Waals surface area contributed by atoms with Crippen molar-refractivity contribution in [1.29, 1.82) is 0 Å². The van der Waals surface area contributed by atoms with Crippen LogP contribution in [0, 0.1) is 0 Å². The molecule has 2 aliphatic heterocycles. The minimum atomic E-state index is 0.546. The molecule has 0 aliphatic carbocycles. The summed E-state index contributed by atoms with van der Waals surface area (Å²) in [5.41, 5.74) is 0. The van der Waals surface area contributed by atoms with Gasteiger partial charge in [-0.3, -0.25) is 0 Å². The van der Waals surface area contributed by atoms with E-state index in [4.69, 9.17) is 0 Å². The lowest BCUT2D eigenvalue weighted by atomic mass is 10.1. The van der Waals surface area contributed by atoms with Crippen LogP contribution in [0.3, 0.4) is 0 Å². The number of nitrogens with zero attached hydrogens (tertiary/aromatic N) is 3. The molecule has 2 rings (SSSR count). The van der Waals surface area contributed by atoms with Crippen molar-refractivity contribution < 1.29 is 0 Å². The molecule has 80 valence electrons. The summed E-state index contributed by atoms with van der Waals surface area (Å²) in [4.78, 5) is 4.30. The van der Waals surface area contributed by atoms with Gasteiger partial charge in [0.05, 0.1) is 0 Å². The molecule has 2 heterocycles. The molecule has 0 aromatic carbocycles. The molecule has 2 aliphatic rings. The Hall–Kier alpha value is -0.730. The van der Waals surface area contributed by atoms with Crippen molar-refractivity contribution in [3.63, 3.8) is 0 Å². The summed E-state index contributed by atoms with van der Waals surface area (Å²) in [7, 11) is 0. The molecule has 0 aromatic rings. The fourth-order valence-electron chi connectivity index (χ4n) is 2.39. The number of hydrogen-bond donors (Lipinski definition) is 0. The molecule has 14 heavy (non-hydrogen) atoms. The topological polar surface area (TPSA) is 28.8 Å². The van der Waals surface area contributed by atoms with Crippen LogP contribution < -0.4 is 0 Å². The Balaban J connectivity index is 1.85. The predicted octanol–water partition coefficient (Wildman–Crippen LogP) is 1.88. The zero-order chi connectivity index (χ0) is 9.80. The molecule has 0 unspecified atom stereocenters. The summed E-state index contributed by atoms with van der Waals surface area (Å²) in [5, 5.41) is 10.1. The number of guanidine groups is 1. The van der Waals surface area contributed by atoms with Gasteiger partial charge < -0.3 is 15.2 Å². The van der Waals surface area contributed by atoms with E-state index in [0.29, 0.717) is 5.96 Å². The van der Waals surface area contributed by atoms with Crippen LogP contribution >= 0.6 is 0 Å². The van der Waals surface area contributed by atoms with Crippen LogP contribution in [0.4, 0.5) is 0 Å². The number of likely N-dealkylation sites (tertiary alicyclic amines) is 2. The highest BCUT2D eigenvalue weighted by Gasteiger charge is 2.13. The van der Waals surface area contributed by atoms with E-state index in [1.165, 1.54) is 38.5 Å². The van der Waals surface area contributed by atoms with Crippen molar-refractivity contribution in [1.82, 2.24) is 9.80 Å². The minimum Gasteiger partial charge on any atom is -0.426 e. The summed E-state index contributed by atoms with van der Waals surface area (Å²) in [6.07, 6.45) is 7.58. The predicted molar refractivity (Wildman–Crippen MR) is 59.2 cm³/mol. The van der Waals surface area contributed by atoms with Gasteiger partial charge in [0.1, 0.15) is 0 Å². The standard InChI is InChI=1S/C11H20N3/c12-11(13-7-3-1-4-8-13)14-9-5-2-6-10-14/h1-10H2/q-1. The van der Waals surface area contributed by atoms with Crippen LogP contribution in [0.1, 0.15) is 38.5 Å². The second kappa shape index (κ2) is 4.67. The molecule has 0 atom stereocenters. The number of hydrogen-bond acceptors (Lipinski definition) is 0. The van der Waals surface area contributed by atoms with E-state index in [2.05, 4.69) is 9.80 Å². The van der Waals surface area contributed by atoms with Crippen molar-refractivity contribution >= 4 is 5.96 Å². The molecule has 0 spiro atoms. The Kier molecular flexibility index (Phi) is 3.27. The Morgan fingerprint density at radius 2 is 1.00 bits per heavy atom. The average Bonchev–Trinajstić information content (AvgIpc) is 2.30. The molecular formula is C11H20N3-. The van der Waals surface area contributed by atoms with Crippen LogP contribution in [-0.2, 0) is 0 Å². The maximum Gasteiger partial charge on any atom is 0.0107 e. The van der Waals surface area contributed by atoms with Gasteiger partial charge in [0.25, 0.3) is 0 Å². The van der Waals surface area contributed by atoms with Gasteiger partial charge in [-0.05, 0) is 51.9 Å². The lowest BCUT2D eigenvalue weighted by molar-refractivity contribution is 0.262. The Morgan fingerprint density at radius 1 is 0.643 bits per heavy atom. The van der Waals surface area contributed by atoms with Gasteiger partial charge >= 0.3 is 0 Å². The van der Waals surface area contributed by atoms with Crippen molar-refractivity contribution in [3.8, 4) is 0 Å². The summed E-state index contributed by atoms with van der Waals surface area (Å²) >= 11 is 0. The van der Waals surface area contributed by atoms with Crippen LogP contribution in [0.5, 0.6) is 0 Å². The molecule has 0 radical (unpaired) electrons. The van der Waals surface area contributed by atoms with Gasteiger partial charge in [-0.1, -0.05) is 12.8 Å². The summed E-state index contributed by atoms with van der Waals surface area (Å²) in [6, 6.07) is 0. The van der Waals surface area contributed by atoms with E-state index in [1.54, 1.807) is 0 Å². The monoisotopic (exact) mass is 194 g/mol. The Morgan fingerprint density at radius 3 is 1.36 bits per heavy atom. The molecule has 2 saturated heterocycles. The quantitative estimate of drug-likeness (QED) is 0.435. The molecule has 0 N–H and O–H groups in total. The van der Waals surface area contributed by atoms with Crippen LogP contribution in [0.25, 0.3) is 5.41 Å². The first-order valence-corrected chi connectivity index (χ1v) is 5.94. The second-order valence-corrected chi connectivity index (χ2v) is 4.40. The summed E-state index contributed by atoms with van der Waals surface area (Å²) < 4.78 is 0. The van der Waals surface area contributed by atoms with Gasteiger partial charge in [0, 0.05) is 5.96 Å². The highest BCUT2D eigenvalue weighted by Crippen LogP contribution is 2.14. The zero-order valence-corrected chi connectivity index (χ0v) is 8.91. The molecule has 3 nitrogen and oxygen atoms in total. The first-order valence-electron chi connectivity index (χ1n) is 5.94. The van der Waals surface area contributed by atoms with Crippen LogP contribution in [0.2, 0.25) is 0 Å². The molecule has 0 amide bonds. The molecular weight excluding hydrogens is 174 g/mol. The third kappa shape index (κ3) is 2.20. The lowest BCUT2D eigenvalue weighted by Crippen LogP contribution is -2.47. The first-order chi connectivity index (χ1) is 6.88. The summed E-state index contributed by atoms with van der Waals surface area (Å²) in [6.45, 7) is 4.18.